The van der Waals surface area contributed by atoms with Crippen molar-refractivity contribution in [2.75, 3.05) is 20.8 Å². The van der Waals surface area contributed by atoms with E-state index >= 15 is 0 Å². The van der Waals surface area contributed by atoms with Gasteiger partial charge in [-0.15, -0.1) is 0 Å². The second kappa shape index (κ2) is 7.62. The van der Waals surface area contributed by atoms with E-state index in [1.54, 1.807) is 0 Å². The molecule has 0 N–H and O–H groups in total. The molecule has 0 spiro atoms. The highest BCUT2D eigenvalue weighted by atomic mass is 16.6. The van der Waals surface area contributed by atoms with Gasteiger partial charge in [-0.05, 0) is 0 Å². The Morgan fingerprint density at radius 3 is 2.59 bits per heavy atom. The summed E-state index contributed by atoms with van der Waals surface area (Å²) in [5.41, 5.74) is -0.484. The smallest absolute Gasteiger partial charge is 0.374 e. The average Bonchev–Trinajstić information content (AvgIpc) is 2.93. The number of methoxy groups -OCH3 is 2. The minimum Gasteiger partial charge on any atom is -0.481 e. The van der Waals surface area contributed by atoms with Gasteiger partial charge in [0.15, 0.2) is 0 Å². The molecular formula is C13H14N2O7. The lowest BCUT2D eigenvalue weighted by Gasteiger charge is -2.08. The van der Waals surface area contributed by atoms with Gasteiger partial charge in [0.05, 0.1) is 31.5 Å². The molecule has 9 heteroatoms. The van der Waals surface area contributed by atoms with E-state index in [9.17, 15) is 19.7 Å². The van der Waals surface area contributed by atoms with Gasteiger partial charge in [-0.3, -0.25) is 10.1 Å². The Morgan fingerprint density at radius 2 is 2.09 bits per heavy atom. The zero-order valence-electron chi connectivity index (χ0n) is 12.0. The lowest BCUT2D eigenvalue weighted by Crippen LogP contribution is -2.12. The van der Waals surface area contributed by atoms with Crippen molar-refractivity contribution in [1.29, 1.82) is 0 Å². The molecule has 118 valence electrons. The van der Waals surface area contributed by atoms with Gasteiger partial charge in [0.2, 0.25) is 5.76 Å². The molecular weight excluding hydrogens is 296 g/mol. The number of aromatic nitrogens is 1. The zero-order chi connectivity index (χ0) is 16.7. The normalized spacial score (nSPS) is 10.7. The SMILES string of the molecule is C=CCO/C(=C\n1cc([N+](=O)[O-])cc1C(=O)OC)C(=O)OC. The minimum atomic E-state index is -0.811. The van der Waals surface area contributed by atoms with Gasteiger partial charge >= 0.3 is 11.9 Å². The average molecular weight is 310 g/mol. The summed E-state index contributed by atoms with van der Waals surface area (Å²) in [6.07, 6.45) is 3.54. The first-order valence-corrected chi connectivity index (χ1v) is 5.93. The molecule has 0 fully saturated rings. The molecule has 0 aliphatic heterocycles. The van der Waals surface area contributed by atoms with Crippen molar-refractivity contribution < 1.29 is 28.7 Å². The van der Waals surface area contributed by atoms with Gasteiger partial charge < -0.3 is 18.8 Å². The maximum absolute atomic E-state index is 11.6. The predicted molar refractivity (Wildman–Crippen MR) is 74.9 cm³/mol. The molecule has 0 aromatic carbocycles. The standard InChI is InChI=1S/C13H14N2O7/c1-4-5-22-11(13(17)21-3)8-14-7-9(15(18)19)6-10(14)12(16)20-2/h4,6-8H,1,5H2,2-3H3/b11-8-. The summed E-state index contributed by atoms with van der Waals surface area (Å²) in [4.78, 5) is 33.4. The monoisotopic (exact) mass is 310 g/mol. The first-order valence-electron chi connectivity index (χ1n) is 5.93. The molecule has 0 atom stereocenters. The van der Waals surface area contributed by atoms with Crippen LogP contribution in [-0.4, -0.2) is 42.3 Å². The van der Waals surface area contributed by atoms with Gasteiger partial charge in [-0.1, -0.05) is 12.7 Å². The summed E-state index contributed by atoms with van der Waals surface area (Å²) in [7, 11) is 2.28. The van der Waals surface area contributed by atoms with Crippen molar-refractivity contribution in [2.24, 2.45) is 0 Å². The molecule has 1 heterocycles. The fraction of sp³-hybridized carbons (Fsp3) is 0.231. The van der Waals surface area contributed by atoms with E-state index in [4.69, 9.17) is 4.74 Å². The van der Waals surface area contributed by atoms with Crippen LogP contribution in [-0.2, 0) is 19.0 Å². The van der Waals surface area contributed by atoms with E-state index in [1.165, 1.54) is 6.08 Å². The maximum atomic E-state index is 11.6. The third-order valence-corrected chi connectivity index (χ3v) is 2.44. The summed E-state index contributed by atoms with van der Waals surface area (Å²) < 4.78 is 15.2. The number of carbonyl (C=O) groups excluding carboxylic acids is 2. The quantitative estimate of drug-likeness (QED) is 0.187. The molecule has 9 nitrogen and oxygen atoms in total. The highest BCUT2D eigenvalue weighted by Gasteiger charge is 2.21. The van der Waals surface area contributed by atoms with E-state index in [2.05, 4.69) is 16.1 Å². The van der Waals surface area contributed by atoms with Crippen LogP contribution < -0.4 is 0 Å². The predicted octanol–water partition coefficient (Wildman–Crippen LogP) is 1.36. The number of esters is 2. The Balaban J connectivity index is 3.33. The van der Waals surface area contributed by atoms with Gasteiger partial charge in [-0.2, -0.15) is 0 Å². The summed E-state index contributed by atoms with van der Waals surface area (Å²) >= 11 is 0. The van der Waals surface area contributed by atoms with Crippen molar-refractivity contribution in [2.45, 2.75) is 0 Å². The van der Waals surface area contributed by atoms with E-state index in [-0.39, 0.29) is 23.7 Å². The van der Waals surface area contributed by atoms with Gasteiger partial charge in [0.1, 0.15) is 12.3 Å². The number of nitrogens with zero attached hydrogens (tertiary/aromatic N) is 2. The van der Waals surface area contributed by atoms with Gasteiger partial charge in [0.25, 0.3) is 5.69 Å². The van der Waals surface area contributed by atoms with Crippen molar-refractivity contribution in [1.82, 2.24) is 4.57 Å². The molecule has 0 radical (unpaired) electrons. The third kappa shape index (κ3) is 3.95. The minimum absolute atomic E-state index is 0.0118. The van der Waals surface area contributed by atoms with Crippen molar-refractivity contribution in [3.63, 3.8) is 0 Å². The molecule has 0 saturated heterocycles. The van der Waals surface area contributed by atoms with Crippen LogP contribution in [0.3, 0.4) is 0 Å². The van der Waals surface area contributed by atoms with E-state index in [0.717, 1.165) is 37.2 Å². The molecule has 0 amide bonds. The molecule has 22 heavy (non-hydrogen) atoms. The number of ether oxygens (including phenoxy) is 3. The number of nitro groups is 1. The first kappa shape index (κ1) is 17.0. The first-order chi connectivity index (χ1) is 10.4. The topological polar surface area (TPSA) is 110 Å². The van der Waals surface area contributed by atoms with Crippen molar-refractivity contribution in [3.8, 4) is 0 Å². The molecule has 0 unspecified atom stereocenters. The molecule has 1 rings (SSSR count). The summed E-state index contributed by atoms with van der Waals surface area (Å²) in [5.74, 6) is -1.87. The number of hydrogen-bond acceptors (Lipinski definition) is 7. The zero-order valence-corrected chi connectivity index (χ0v) is 12.0. The van der Waals surface area contributed by atoms with E-state index < -0.39 is 16.9 Å². The van der Waals surface area contributed by atoms with Crippen LogP contribution in [0.1, 0.15) is 10.5 Å². The van der Waals surface area contributed by atoms with E-state index in [1.807, 2.05) is 0 Å². The molecule has 0 bridgehead atoms. The van der Waals surface area contributed by atoms with Crippen molar-refractivity contribution >= 4 is 23.8 Å². The fourth-order valence-electron chi connectivity index (χ4n) is 1.46. The Morgan fingerprint density at radius 1 is 1.41 bits per heavy atom. The van der Waals surface area contributed by atoms with E-state index in [0.29, 0.717) is 0 Å². The van der Waals surface area contributed by atoms with Crippen LogP contribution in [0.15, 0.2) is 30.7 Å². The van der Waals surface area contributed by atoms with Crippen LogP contribution >= 0.6 is 0 Å². The van der Waals surface area contributed by atoms with Crippen LogP contribution in [0.25, 0.3) is 6.20 Å². The molecule has 0 aliphatic rings. The maximum Gasteiger partial charge on any atom is 0.374 e. The number of hydrogen-bond donors (Lipinski definition) is 0. The lowest BCUT2D eigenvalue weighted by molar-refractivity contribution is -0.384. The Kier molecular flexibility index (Phi) is 5.87. The van der Waals surface area contributed by atoms with Crippen LogP contribution in [0.4, 0.5) is 5.69 Å². The number of carbonyl (C=O) groups is 2. The summed E-state index contributed by atoms with van der Waals surface area (Å²) in [6, 6.07) is 1.02. The second-order valence-electron chi connectivity index (χ2n) is 3.82. The van der Waals surface area contributed by atoms with Gasteiger partial charge in [-0.25, -0.2) is 9.59 Å². The Labute approximate surface area is 125 Å². The third-order valence-electron chi connectivity index (χ3n) is 2.44. The highest BCUT2D eigenvalue weighted by Crippen LogP contribution is 2.19. The molecule has 1 aromatic heterocycles. The van der Waals surface area contributed by atoms with Crippen molar-refractivity contribution in [3.05, 3.63) is 46.5 Å². The summed E-state index contributed by atoms with van der Waals surface area (Å²) in [5, 5.41) is 10.8. The largest absolute Gasteiger partial charge is 0.481 e. The van der Waals surface area contributed by atoms with Crippen LogP contribution in [0.5, 0.6) is 0 Å². The van der Waals surface area contributed by atoms with Crippen LogP contribution in [0, 0.1) is 10.1 Å². The second-order valence-corrected chi connectivity index (χ2v) is 3.82. The lowest BCUT2D eigenvalue weighted by atomic mass is 10.4. The number of rotatable bonds is 7. The van der Waals surface area contributed by atoms with Gasteiger partial charge in [0, 0.05) is 6.07 Å². The molecule has 1 aromatic rings. The fourth-order valence-corrected chi connectivity index (χ4v) is 1.46. The molecule has 0 aliphatic carbocycles. The summed E-state index contributed by atoms with van der Waals surface area (Å²) in [6.45, 7) is 3.45. The van der Waals surface area contributed by atoms with Crippen LogP contribution in [0.2, 0.25) is 0 Å². The highest BCUT2D eigenvalue weighted by molar-refractivity contribution is 5.92. The molecule has 0 saturated carbocycles. The Hall–Kier alpha value is -3.10. The Bertz CT molecular complexity index is 630.